The molecule has 4 heteroatoms. The highest BCUT2D eigenvalue weighted by atomic mass is 31.2. The minimum Gasteiger partial charge on any atom is -0.300 e. The Morgan fingerprint density at radius 3 is 2.00 bits per heavy atom. The summed E-state index contributed by atoms with van der Waals surface area (Å²) in [5.74, 6) is 0. The van der Waals surface area contributed by atoms with Gasteiger partial charge in [-0.05, 0) is 0 Å². The Kier molecular flexibility index (Phi) is 1.18. The molecule has 0 aromatic carbocycles. The van der Waals surface area contributed by atoms with Crippen molar-refractivity contribution in [2.24, 2.45) is 0 Å². The van der Waals surface area contributed by atoms with Crippen LogP contribution in [-0.2, 0) is 4.57 Å². The van der Waals surface area contributed by atoms with Crippen molar-refractivity contribution in [3.63, 3.8) is 0 Å². The molecule has 0 N–H and O–H groups in total. The SMILES string of the molecule is BP(C)(=O)F. The Labute approximate surface area is 31.4 Å². The molecule has 0 bridgehead atoms. The van der Waals surface area contributed by atoms with E-state index in [1.165, 1.54) is 0 Å². The van der Waals surface area contributed by atoms with E-state index >= 15 is 0 Å². The zero-order valence-electron chi connectivity index (χ0n) is 3.23. The predicted octanol–water partition coefficient (Wildman–Crippen LogP) is 0.412. The quantitative estimate of drug-likeness (QED) is 0.313. The fraction of sp³-hybridized carbons (Fsp3) is 1.00. The molecule has 30 valence electrons. The predicted molar refractivity (Wildman–Crippen MR) is 23.2 cm³/mol. The van der Waals surface area contributed by atoms with Crippen molar-refractivity contribution in [1.29, 1.82) is 0 Å². The van der Waals surface area contributed by atoms with Gasteiger partial charge in [0.2, 0.25) is 7.57 Å². The van der Waals surface area contributed by atoms with Crippen LogP contribution < -0.4 is 0 Å². The third kappa shape index (κ3) is 413. The van der Waals surface area contributed by atoms with Gasteiger partial charge >= 0.3 is 0 Å². The fourth-order valence-electron chi connectivity index (χ4n) is 0. The lowest BCUT2D eigenvalue weighted by Gasteiger charge is -1.80. The van der Waals surface area contributed by atoms with Crippen LogP contribution in [0.15, 0.2) is 0 Å². The summed E-state index contributed by atoms with van der Waals surface area (Å²) in [6, 6.07) is 0. The van der Waals surface area contributed by atoms with E-state index in [-0.39, 0.29) is 0 Å². The number of halogens is 1. The van der Waals surface area contributed by atoms with Gasteiger partial charge in [-0.25, -0.2) is 0 Å². The van der Waals surface area contributed by atoms with E-state index in [9.17, 15) is 8.76 Å². The van der Waals surface area contributed by atoms with E-state index in [0.29, 0.717) is 0 Å². The van der Waals surface area contributed by atoms with Crippen LogP contribution in [0.2, 0.25) is 0 Å². The highest BCUT2D eigenvalue weighted by molar-refractivity contribution is 7.82. The van der Waals surface area contributed by atoms with Gasteiger partial charge in [0.1, 0.15) is 0 Å². The highest BCUT2D eigenvalue weighted by Crippen LogP contribution is 2.34. The van der Waals surface area contributed by atoms with Crippen molar-refractivity contribution < 1.29 is 8.76 Å². The monoisotopic (exact) mass is 94.0 g/mol. The zero-order valence-corrected chi connectivity index (χ0v) is 4.13. The minimum absolute atomic E-state index is 1.08. The summed E-state index contributed by atoms with van der Waals surface area (Å²) in [6.07, 6.45) is 0. The molecule has 0 aromatic rings. The van der Waals surface area contributed by atoms with E-state index < -0.39 is 7.33 Å². The fourth-order valence-corrected chi connectivity index (χ4v) is 0. The largest absolute Gasteiger partial charge is 0.300 e. The van der Waals surface area contributed by atoms with Gasteiger partial charge in [0.05, 0.1) is 0 Å². The third-order valence-corrected chi connectivity index (χ3v) is 0. The Morgan fingerprint density at radius 1 is 2.00 bits per heavy atom. The number of hydrogen-bond acceptors (Lipinski definition) is 1. The normalized spacial score (nSPS) is 21.2. The minimum atomic E-state index is -3.14. The van der Waals surface area contributed by atoms with E-state index in [1.807, 2.05) is 0 Å². The molecule has 0 aliphatic carbocycles. The standard InChI is InChI=1S/CH5BFOP/c1-5(2,3)4/h2H2,1H3. The van der Waals surface area contributed by atoms with Gasteiger partial charge in [0.15, 0.2) is 7.33 Å². The van der Waals surface area contributed by atoms with Crippen molar-refractivity contribution in [3.05, 3.63) is 0 Å². The highest BCUT2D eigenvalue weighted by Gasteiger charge is 1.96. The molecular weight excluding hydrogens is 88.8 g/mol. The van der Waals surface area contributed by atoms with Crippen molar-refractivity contribution in [2.45, 2.75) is 0 Å². The van der Waals surface area contributed by atoms with Gasteiger partial charge in [-0.3, -0.25) is 4.57 Å². The smallest absolute Gasteiger partial charge is 0.222 e. The first-order chi connectivity index (χ1) is 2.00. The topological polar surface area (TPSA) is 17.1 Å². The average molecular weight is 93.8 g/mol. The molecule has 0 heterocycles. The first-order valence-corrected chi connectivity index (χ1v) is 3.74. The van der Waals surface area contributed by atoms with E-state index in [2.05, 4.69) is 0 Å². The van der Waals surface area contributed by atoms with Crippen LogP contribution in [0.1, 0.15) is 0 Å². The van der Waals surface area contributed by atoms with E-state index in [4.69, 9.17) is 0 Å². The van der Waals surface area contributed by atoms with Crippen molar-refractivity contribution in [2.75, 3.05) is 6.66 Å². The molecule has 1 nitrogen and oxygen atoms in total. The van der Waals surface area contributed by atoms with Gasteiger partial charge in [0.25, 0.3) is 0 Å². The van der Waals surface area contributed by atoms with Gasteiger partial charge < -0.3 is 0 Å². The van der Waals surface area contributed by atoms with Gasteiger partial charge in [-0.1, -0.05) is 0 Å². The number of rotatable bonds is 0. The van der Waals surface area contributed by atoms with Crippen LogP contribution in [0.3, 0.4) is 0 Å². The van der Waals surface area contributed by atoms with Gasteiger partial charge in [-0.15, -0.1) is 0 Å². The summed E-state index contributed by atoms with van der Waals surface area (Å²) >= 11 is 0. The molecule has 0 saturated heterocycles. The van der Waals surface area contributed by atoms with Crippen molar-refractivity contribution in [1.82, 2.24) is 0 Å². The summed E-state index contributed by atoms with van der Waals surface area (Å²) in [4.78, 5) is 0. The summed E-state index contributed by atoms with van der Waals surface area (Å²) in [5.41, 5.74) is 0. The first kappa shape index (κ1) is 5.22. The van der Waals surface area contributed by atoms with Crippen LogP contribution in [0.4, 0.5) is 4.20 Å². The first-order valence-electron chi connectivity index (χ1n) is 1.25. The maximum Gasteiger partial charge on any atom is 0.222 e. The van der Waals surface area contributed by atoms with E-state index in [1.54, 1.807) is 0 Å². The second-order valence-electron chi connectivity index (χ2n) is 1.22. The van der Waals surface area contributed by atoms with E-state index in [0.717, 1.165) is 14.2 Å². The molecule has 0 radical (unpaired) electrons. The molecule has 0 aliphatic rings. The second kappa shape index (κ2) is 1.13. The maximum atomic E-state index is 11.2. The Hall–Kier alpha value is 0.225. The molecule has 0 aromatic heterocycles. The molecule has 0 saturated carbocycles. The maximum absolute atomic E-state index is 11.2. The van der Waals surface area contributed by atoms with Crippen molar-refractivity contribution in [3.8, 4) is 0 Å². The molecule has 0 aliphatic heterocycles. The molecular formula is CH5BFOP. The summed E-state index contributed by atoms with van der Waals surface area (Å²) in [6.45, 7) is 1.08. The molecule has 1 atom stereocenters. The Morgan fingerprint density at radius 2 is 2.00 bits per heavy atom. The van der Waals surface area contributed by atoms with Crippen LogP contribution in [-0.4, -0.2) is 14.2 Å². The molecule has 1 unspecified atom stereocenters. The molecule has 0 rings (SSSR count). The van der Waals surface area contributed by atoms with Crippen LogP contribution >= 0.6 is 7.33 Å². The zero-order chi connectivity index (χ0) is 4.50. The molecule has 0 amide bonds. The second-order valence-corrected chi connectivity index (χ2v) is 3.66. The summed E-state index contributed by atoms with van der Waals surface area (Å²) in [7, 11) is -2.06. The average Bonchev–Trinajstić information content (AvgIpc) is 0.722. The Balaban J connectivity index is 3.47. The lowest BCUT2D eigenvalue weighted by molar-refractivity contribution is 0.559. The third-order valence-electron chi connectivity index (χ3n) is 0. The Bertz CT molecular complexity index is 57.8. The van der Waals surface area contributed by atoms with Crippen molar-refractivity contribution >= 4 is 14.9 Å². The van der Waals surface area contributed by atoms with Gasteiger partial charge in [-0.2, -0.15) is 4.20 Å². The lowest BCUT2D eigenvalue weighted by atomic mass is 10.8. The molecule has 0 fully saturated rings. The van der Waals surface area contributed by atoms with Gasteiger partial charge in [0, 0.05) is 6.66 Å². The molecule has 5 heavy (non-hydrogen) atoms. The lowest BCUT2D eigenvalue weighted by Crippen LogP contribution is -1.56. The molecule has 0 spiro atoms. The summed E-state index contributed by atoms with van der Waals surface area (Å²) < 4.78 is 20.8. The van der Waals surface area contributed by atoms with Crippen LogP contribution in [0, 0.1) is 0 Å². The van der Waals surface area contributed by atoms with Crippen LogP contribution in [0.25, 0.3) is 0 Å². The number of hydrogen-bond donors (Lipinski definition) is 0. The summed E-state index contributed by atoms with van der Waals surface area (Å²) in [5, 5.41) is 0. The van der Waals surface area contributed by atoms with Crippen LogP contribution in [0.5, 0.6) is 0 Å².